The summed E-state index contributed by atoms with van der Waals surface area (Å²) in [5, 5.41) is 3.73. The molecule has 2 nitrogen and oxygen atoms in total. The molecule has 0 amide bonds. The summed E-state index contributed by atoms with van der Waals surface area (Å²) in [6.07, 6.45) is 10.7. The predicted molar refractivity (Wildman–Crippen MR) is 76.6 cm³/mol. The van der Waals surface area contributed by atoms with Crippen LogP contribution in [0, 0.1) is 12.3 Å². The summed E-state index contributed by atoms with van der Waals surface area (Å²) < 4.78 is 0. The van der Waals surface area contributed by atoms with E-state index in [1.165, 1.54) is 43.2 Å². The maximum atomic E-state index is 4.35. The van der Waals surface area contributed by atoms with Gasteiger partial charge in [0, 0.05) is 18.4 Å². The Balaban J connectivity index is 2.36. The lowest BCUT2D eigenvalue weighted by molar-refractivity contribution is 0.188. The second-order valence-corrected chi connectivity index (χ2v) is 5.65. The van der Waals surface area contributed by atoms with Crippen LogP contribution in [-0.2, 0) is 0 Å². The topological polar surface area (TPSA) is 24.9 Å². The molecule has 0 spiro atoms. The van der Waals surface area contributed by atoms with Crippen LogP contribution in [-0.4, -0.2) is 11.5 Å². The van der Waals surface area contributed by atoms with Gasteiger partial charge in [-0.3, -0.25) is 4.98 Å². The molecule has 1 aromatic heterocycles. The van der Waals surface area contributed by atoms with E-state index in [4.69, 9.17) is 0 Å². The number of pyridine rings is 1. The van der Waals surface area contributed by atoms with Crippen molar-refractivity contribution in [3.05, 3.63) is 29.6 Å². The molecule has 18 heavy (non-hydrogen) atoms. The fourth-order valence-corrected chi connectivity index (χ4v) is 3.56. The summed E-state index contributed by atoms with van der Waals surface area (Å²) in [5.74, 6) is 0. The fraction of sp³-hybridized carbons (Fsp3) is 0.688. The summed E-state index contributed by atoms with van der Waals surface area (Å²) >= 11 is 0. The minimum absolute atomic E-state index is 0.448. The van der Waals surface area contributed by atoms with Crippen molar-refractivity contribution in [3.8, 4) is 0 Å². The zero-order chi connectivity index (χ0) is 13.0. The van der Waals surface area contributed by atoms with Gasteiger partial charge < -0.3 is 5.32 Å². The molecule has 1 saturated carbocycles. The fourth-order valence-electron chi connectivity index (χ4n) is 3.56. The normalized spacial score (nSPS) is 19.9. The zero-order valence-corrected chi connectivity index (χ0v) is 12.0. The van der Waals surface area contributed by atoms with E-state index in [0.717, 1.165) is 6.54 Å². The zero-order valence-electron chi connectivity index (χ0n) is 12.0. The van der Waals surface area contributed by atoms with Crippen LogP contribution in [0.15, 0.2) is 18.5 Å². The molecule has 0 saturated heterocycles. The lowest BCUT2D eigenvalue weighted by atomic mass is 9.73. The SMILES string of the molecule is CCNC(c1cnccc1C)C1(CC)CCCC1. The van der Waals surface area contributed by atoms with E-state index in [1.54, 1.807) is 0 Å². The average molecular weight is 246 g/mol. The smallest absolute Gasteiger partial charge is 0.0394 e. The third kappa shape index (κ3) is 2.44. The average Bonchev–Trinajstić information content (AvgIpc) is 2.87. The molecule has 0 radical (unpaired) electrons. The number of nitrogens with one attached hydrogen (secondary N) is 1. The van der Waals surface area contributed by atoms with Crippen LogP contribution in [0.3, 0.4) is 0 Å². The van der Waals surface area contributed by atoms with Crippen LogP contribution in [0.25, 0.3) is 0 Å². The maximum absolute atomic E-state index is 4.35. The van der Waals surface area contributed by atoms with Gasteiger partial charge in [-0.25, -0.2) is 0 Å². The summed E-state index contributed by atoms with van der Waals surface area (Å²) in [4.78, 5) is 4.35. The van der Waals surface area contributed by atoms with Gasteiger partial charge in [0.15, 0.2) is 0 Å². The van der Waals surface area contributed by atoms with Gasteiger partial charge in [0.1, 0.15) is 0 Å². The number of aromatic nitrogens is 1. The molecule has 100 valence electrons. The van der Waals surface area contributed by atoms with Crippen molar-refractivity contribution in [2.24, 2.45) is 5.41 Å². The Morgan fingerprint density at radius 3 is 2.61 bits per heavy atom. The second-order valence-electron chi connectivity index (χ2n) is 5.65. The van der Waals surface area contributed by atoms with Crippen LogP contribution in [0.4, 0.5) is 0 Å². The Bertz CT molecular complexity index is 380. The van der Waals surface area contributed by atoms with Gasteiger partial charge in [0.05, 0.1) is 0 Å². The molecule has 0 aromatic carbocycles. The largest absolute Gasteiger partial charge is 0.310 e. The molecule has 2 rings (SSSR count). The summed E-state index contributed by atoms with van der Waals surface area (Å²) in [5.41, 5.74) is 3.22. The Morgan fingerprint density at radius 2 is 2.06 bits per heavy atom. The van der Waals surface area contributed by atoms with Gasteiger partial charge in [-0.05, 0) is 55.3 Å². The number of hydrogen-bond donors (Lipinski definition) is 1. The van der Waals surface area contributed by atoms with Crippen molar-refractivity contribution < 1.29 is 0 Å². The first-order valence-corrected chi connectivity index (χ1v) is 7.37. The first-order chi connectivity index (χ1) is 8.73. The van der Waals surface area contributed by atoms with Gasteiger partial charge in [0.2, 0.25) is 0 Å². The van der Waals surface area contributed by atoms with E-state index in [2.05, 4.69) is 43.3 Å². The standard InChI is InChI=1S/C16H26N2/c1-4-16(9-6-7-10-16)15(18-5-2)14-12-17-11-8-13(14)3/h8,11-12,15,18H,4-7,9-10H2,1-3H3. The van der Waals surface area contributed by atoms with E-state index >= 15 is 0 Å². The van der Waals surface area contributed by atoms with E-state index in [0.29, 0.717) is 11.5 Å². The van der Waals surface area contributed by atoms with E-state index in [9.17, 15) is 0 Å². The second kappa shape index (κ2) is 5.83. The van der Waals surface area contributed by atoms with Gasteiger partial charge >= 0.3 is 0 Å². The van der Waals surface area contributed by atoms with Crippen LogP contribution in [0.1, 0.15) is 63.1 Å². The highest BCUT2D eigenvalue weighted by atomic mass is 14.9. The predicted octanol–water partition coefficient (Wildman–Crippen LogP) is 4.01. The van der Waals surface area contributed by atoms with E-state index < -0.39 is 0 Å². The molecule has 1 unspecified atom stereocenters. The molecule has 1 atom stereocenters. The maximum Gasteiger partial charge on any atom is 0.0394 e. The third-order valence-corrected chi connectivity index (χ3v) is 4.71. The molecule has 1 aliphatic rings. The summed E-state index contributed by atoms with van der Waals surface area (Å²) in [7, 11) is 0. The van der Waals surface area contributed by atoms with Crippen molar-refractivity contribution in [3.63, 3.8) is 0 Å². The molecule has 1 heterocycles. The van der Waals surface area contributed by atoms with Crippen LogP contribution in [0.5, 0.6) is 0 Å². The summed E-state index contributed by atoms with van der Waals surface area (Å²) in [6.45, 7) is 7.79. The molecular weight excluding hydrogens is 220 g/mol. The van der Waals surface area contributed by atoms with Gasteiger partial charge in [-0.1, -0.05) is 26.7 Å². The number of aryl methyl sites for hydroxylation is 1. The highest BCUT2D eigenvalue weighted by Crippen LogP contribution is 2.50. The van der Waals surface area contributed by atoms with Gasteiger partial charge in [-0.2, -0.15) is 0 Å². The lowest BCUT2D eigenvalue weighted by Crippen LogP contribution is -2.36. The Labute approximate surface area is 111 Å². The third-order valence-electron chi connectivity index (χ3n) is 4.71. The van der Waals surface area contributed by atoms with E-state index in [-0.39, 0.29) is 0 Å². The van der Waals surface area contributed by atoms with Gasteiger partial charge in [0.25, 0.3) is 0 Å². The minimum atomic E-state index is 0.448. The summed E-state index contributed by atoms with van der Waals surface area (Å²) in [6, 6.07) is 2.61. The highest BCUT2D eigenvalue weighted by Gasteiger charge is 2.40. The Kier molecular flexibility index (Phi) is 4.39. The van der Waals surface area contributed by atoms with Crippen molar-refractivity contribution >= 4 is 0 Å². The monoisotopic (exact) mass is 246 g/mol. The van der Waals surface area contributed by atoms with Crippen LogP contribution >= 0.6 is 0 Å². The minimum Gasteiger partial charge on any atom is -0.310 e. The van der Waals surface area contributed by atoms with Crippen molar-refractivity contribution in [1.82, 2.24) is 10.3 Å². The number of hydrogen-bond acceptors (Lipinski definition) is 2. The van der Waals surface area contributed by atoms with Crippen LogP contribution in [0.2, 0.25) is 0 Å². The molecular formula is C16H26N2. The molecule has 1 aliphatic carbocycles. The molecule has 1 aromatic rings. The van der Waals surface area contributed by atoms with Crippen molar-refractivity contribution in [2.45, 2.75) is 58.9 Å². The highest BCUT2D eigenvalue weighted by molar-refractivity contribution is 5.27. The Hall–Kier alpha value is -0.890. The molecule has 0 bridgehead atoms. The van der Waals surface area contributed by atoms with Crippen LogP contribution < -0.4 is 5.32 Å². The lowest BCUT2D eigenvalue weighted by Gasteiger charge is -2.38. The molecule has 1 fully saturated rings. The van der Waals surface area contributed by atoms with Gasteiger partial charge in [-0.15, -0.1) is 0 Å². The first-order valence-electron chi connectivity index (χ1n) is 7.37. The van der Waals surface area contributed by atoms with Crippen molar-refractivity contribution in [1.29, 1.82) is 0 Å². The number of nitrogens with zero attached hydrogens (tertiary/aromatic N) is 1. The Morgan fingerprint density at radius 1 is 1.33 bits per heavy atom. The van der Waals surface area contributed by atoms with E-state index in [1.807, 2.05) is 6.20 Å². The van der Waals surface area contributed by atoms with Crippen molar-refractivity contribution in [2.75, 3.05) is 6.54 Å². The molecule has 2 heteroatoms. The first kappa shape index (κ1) is 13.5. The quantitative estimate of drug-likeness (QED) is 0.849. The molecule has 1 N–H and O–H groups in total. The molecule has 0 aliphatic heterocycles. The number of rotatable bonds is 5.